The van der Waals surface area contributed by atoms with E-state index in [2.05, 4.69) is 10.3 Å². The van der Waals surface area contributed by atoms with Crippen LogP contribution in [0.25, 0.3) is 0 Å². The average Bonchev–Trinajstić information content (AvgIpc) is 2.55. The summed E-state index contributed by atoms with van der Waals surface area (Å²) >= 11 is 0. The normalized spacial score (nSPS) is 10.9. The molecule has 0 saturated carbocycles. The predicted octanol–water partition coefficient (Wildman–Crippen LogP) is 2.17. The van der Waals surface area contributed by atoms with Crippen molar-refractivity contribution in [2.75, 3.05) is 12.4 Å². The Bertz CT molecular complexity index is 739. The molecule has 0 unspecified atom stereocenters. The maximum absolute atomic E-state index is 12.0. The lowest BCUT2D eigenvalue weighted by molar-refractivity contribution is -0.384. The number of carbonyl (C=O) groups excluding carboxylic acids is 1. The molecule has 0 aromatic heterocycles. The molecule has 0 aliphatic heterocycles. The summed E-state index contributed by atoms with van der Waals surface area (Å²) < 4.78 is 5.15. The Labute approximate surface area is 131 Å². The molecule has 0 bridgehead atoms. The number of guanidine groups is 1. The Kier molecular flexibility index (Phi) is 4.88. The highest BCUT2D eigenvalue weighted by atomic mass is 16.6. The third-order valence-electron chi connectivity index (χ3n) is 2.89. The number of esters is 1. The third-order valence-corrected chi connectivity index (χ3v) is 2.89. The summed E-state index contributed by atoms with van der Waals surface area (Å²) in [5.41, 5.74) is 6.48. The van der Waals surface area contributed by atoms with E-state index in [1.165, 1.54) is 24.3 Å². The molecule has 8 heteroatoms. The lowest BCUT2D eigenvalue weighted by atomic mass is 10.2. The van der Waals surface area contributed by atoms with Gasteiger partial charge in [0.05, 0.1) is 10.5 Å². The molecular weight excluding hydrogens is 300 g/mol. The van der Waals surface area contributed by atoms with Gasteiger partial charge in [0, 0.05) is 24.9 Å². The van der Waals surface area contributed by atoms with Crippen LogP contribution in [0.15, 0.2) is 53.5 Å². The second-order valence-electron chi connectivity index (χ2n) is 4.45. The molecule has 2 aromatic rings. The Morgan fingerprint density at radius 3 is 2.30 bits per heavy atom. The molecule has 0 aliphatic rings. The molecular formula is C15H14N4O4. The number of nitrogens with zero attached hydrogens (tertiary/aromatic N) is 2. The Hall–Kier alpha value is -3.42. The third kappa shape index (κ3) is 4.27. The lowest BCUT2D eigenvalue weighted by Gasteiger charge is -2.07. The van der Waals surface area contributed by atoms with Crippen LogP contribution in [-0.4, -0.2) is 23.9 Å². The topological polar surface area (TPSA) is 120 Å². The molecule has 0 aliphatic carbocycles. The van der Waals surface area contributed by atoms with Crippen molar-refractivity contribution in [3.05, 3.63) is 64.2 Å². The number of nitrogens with two attached hydrogens (primary N) is 1. The summed E-state index contributed by atoms with van der Waals surface area (Å²) in [6.07, 6.45) is 0. The lowest BCUT2D eigenvalue weighted by Crippen LogP contribution is -2.22. The zero-order valence-corrected chi connectivity index (χ0v) is 12.2. The van der Waals surface area contributed by atoms with Crippen LogP contribution in [0, 0.1) is 10.1 Å². The molecule has 118 valence electrons. The minimum Gasteiger partial charge on any atom is -0.423 e. The van der Waals surface area contributed by atoms with E-state index >= 15 is 0 Å². The van der Waals surface area contributed by atoms with Crippen LogP contribution in [0.5, 0.6) is 5.75 Å². The van der Waals surface area contributed by atoms with Gasteiger partial charge < -0.3 is 15.8 Å². The van der Waals surface area contributed by atoms with Crippen molar-refractivity contribution in [2.45, 2.75) is 0 Å². The van der Waals surface area contributed by atoms with Crippen molar-refractivity contribution in [3.8, 4) is 5.75 Å². The number of benzene rings is 2. The van der Waals surface area contributed by atoms with E-state index in [1.54, 1.807) is 31.3 Å². The molecule has 0 spiro atoms. The van der Waals surface area contributed by atoms with Crippen LogP contribution in [0.3, 0.4) is 0 Å². The van der Waals surface area contributed by atoms with E-state index < -0.39 is 10.9 Å². The zero-order valence-electron chi connectivity index (χ0n) is 12.2. The average molecular weight is 314 g/mol. The molecule has 23 heavy (non-hydrogen) atoms. The van der Waals surface area contributed by atoms with E-state index in [0.29, 0.717) is 11.3 Å². The van der Waals surface area contributed by atoms with Gasteiger partial charge in [0.25, 0.3) is 5.69 Å². The van der Waals surface area contributed by atoms with Crippen molar-refractivity contribution in [1.29, 1.82) is 0 Å². The van der Waals surface area contributed by atoms with Crippen molar-refractivity contribution in [3.63, 3.8) is 0 Å². The quantitative estimate of drug-likeness (QED) is 0.223. The van der Waals surface area contributed by atoms with Crippen molar-refractivity contribution in [1.82, 2.24) is 0 Å². The van der Waals surface area contributed by atoms with Gasteiger partial charge in [0.1, 0.15) is 5.75 Å². The first-order chi connectivity index (χ1) is 11.0. The monoisotopic (exact) mass is 314 g/mol. The van der Waals surface area contributed by atoms with Crippen LogP contribution < -0.4 is 15.8 Å². The fourth-order valence-electron chi connectivity index (χ4n) is 1.70. The van der Waals surface area contributed by atoms with Crippen molar-refractivity contribution >= 4 is 23.3 Å². The van der Waals surface area contributed by atoms with Crippen LogP contribution in [0.1, 0.15) is 10.4 Å². The first kappa shape index (κ1) is 16.0. The van der Waals surface area contributed by atoms with Gasteiger partial charge in [-0.2, -0.15) is 0 Å². The second-order valence-corrected chi connectivity index (χ2v) is 4.45. The number of hydrogen-bond acceptors (Lipinski definition) is 5. The van der Waals surface area contributed by atoms with E-state index in [9.17, 15) is 14.9 Å². The number of anilines is 1. The van der Waals surface area contributed by atoms with Gasteiger partial charge in [0.2, 0.25) is 0 Å². The summed E-state index contributed by atoms with van der Waals surface area (Å²) in [5, 5.41) is 13.4. The summed E-state index contributed by atoms with van der Waals surface area (Å²) in [7, 11) is 1.55. The fraction of sp³-hybridized carbons (Fsp3) is 0.0667. The molecule has 0 heterocycles. The van der Waals surface area contributed by atoms with Gasteiger partial charge in [-0.15, -0.1) is 0 Å². The van der Waals surface area contributed by atoms with Crippen LogP contribution in [0.2, 0.25) is 0 Å². The minimum absolute atomic E-state index is 0.0737. The van der Waals surface area contributed by atoms with E-state index in [1.807, 2.05) is 0 Å². The Morgan fingerprint density at radius 1 is 1.17 bits per heavy atom. The van der Waals surface area contributed by atoms with E-state index in [4.69, 9.17) is 10.5 Å². The highest BCUT2D eigenvalue weighted by Crippen LogP contribution is 2.19. The Morgan fingerprint density at radius 2 is 1.78 bits per heavy atom. The number of nitro groups is 1. The first-order valence-corrected chi connectivity index (χ1v) is 6.55. The van der Waals surface area contributed by atoms with Crippen molar-refractivity contribution < 1.29 is 14.5 Å². The molecule has 0 fully saturated rings. The summed E-state index contributed by atoms with van der Waals surface area (Å²) in [6, 6.07) is 11.7. The van der Waals surface area contributed by atoms with Crippen LogP contribution in [0.4, 0.5) is 11.4 Å². The number of carbonyl (C=O) groups is 1. The highest BCUT2D eigenvalue weighted by molar-refractivity contribution is 5.94. The molecule has 2 rings (SSSR count). The Balaban J connectivity index is 2.04. The molecule has 0 saturated heterocycles. The first-order valence-electron chi connectivity index (χ1n) is 6.55. The number of non-ortho nitro benzene ring substituents is 1. The molecule has 8 nitrogen and oxygen atoms in total. The van der Waals surface area contributed by atoms with Gasteiger partial charge in [-0.25, -0.2) is 4.79 Å². The summed E-state index contributed by atoms with van der Waals surface area (Å²) in [4.78, 5) is 25.8. The fourth-order valence-corrected chi connectivity index (χ4v) is 1.70. The van der Waals surface area contributed by atoms with Gasteiger partial charge in [-0.05, 0) is 36.4 Å². The predicted molar refractivity (Wildman–Crippen MR) is 85.7 cm³/mol. The van der Waals surface area contributed by atoms with Crippen LogP contribution >= 0.6 is 0 Å². The number of nitro benzene ring substituents is 1. The van der Waals surface area contributed by atoms with Crippen molar-refractivity contribution in [2.24, 2.45) is 10.7 Å². The second kappa shape index (κ2) is 7.03. The molecule has 0 atom stereocenters. The molecule has 0 radical (unpaired) electrons. The highest BCUT2D eigenvalue weighted by Gasteiger charge is 2.10. The SMILES string of the molecule is CN=C(N)Nc1ccc(C(=O)Oc2ccc([N+](=O)[O-])cc2)cc1. The number of aliphatic imine (C=N–C) groups is 1. The number of hydrogen-bond donors (Lipinski definition) is 2. The minimum atomic E-state index is -0.567. The van der Waals surface area contributed by atoms with E-state index in [-0.39, 0.29) is 17.4 Å². The standard InChI is InChI=1S/C15H14N4O4/c1-17-15(16)18-11-4-2-10(3-5-11)14(20)23-13-8-6-12(7-9-13)19(21)22/h2-9H,1H3,(H3,16,17,18). The summed E-state index contributed by atoms with van der Waals surface area (Å²) in [5.74, 6) is -0.0843. The number of nitrogens with one attached hydrogen (secondary N) is 1. The maximum atomic E-state index is 12.0. The van der Waals surface area contributed by atoms with Gasteiger partial charge in [-0.1, -0.05) is 0 Å². The van der Waals surface area contributed by atoms with Gasteiger partial charge >= 0.3 is 5.97 Å². The molecule has 0 amide bonds. The number of ether oxygens (including phenoxy) is 1. The number of rotatable bonds is 4. The zero-order chi connectivity index (χ0) is 16.8. The van der Waals surface area contributed by atoms with Gasteiger partial charge in [-0.3, -0.25) is 15.1 Å². The van der Waals surface area contributed by atoms with Crippen LogP contribution in [-0.2, 0) is 0 Å². The molecule has 2 aromatic carbocycles. The smallest absolute Gasteiger partial charge is 0.343 e. The van der Waals surface area contributed by atoms with Gasteiger partial charge in [0.15, 0.2) is 5.96 Å². The summed E-state index contributed by atoms with van der Waals surface area (Å²) in [6.45, 7) is 0. The largest absolute Gasteiger partial charge is 0.423 e. The molecule has 3 N–H and O–H groups in total. The maximum Gasteiger partial charge on any atom is 0.343 e. The van der Waals surface area contributed by atoms with E-state index in [0.717, 1.165) is 0 Å².